The molecular formula is C26H20Cl6O9. The van der Waals surface area contributed by atoms with Gasteiger partial charge in [0.2, 0.25) is 0 Å². The molecule has 41 heavy (non-hydrogen) atoms. The van der Waals surface area contributed by atoms with Gasteiger partial charge >= 0.3 is 17.9 Å². The van der Waals surface area contributed by atoms with Crippen molar-refractivity contribution in [2.45, 2.75) is 12.3 Å². The van der Waals surface area contributed by atoms with Gasteiger partial charge in [0.25, 0.3) is 0 Å². The number of halogens is 6. The summed E-state index contributed by atoms with van der Waals surface area (Å²) >= 11 is 35.3. The lowest BCUT2D eigenvalue weighted by molar-refractivity contribution is -0.140. The lowest BCUT2D eigenvalue weighted by Gasteiger charge is -2.17. The Bertz CT molecular complexity index is 1400. The molecular weight excluding hydrogens is 669 g/mol. The van der Waals surface area contributed by atoms with E-state index >= 15 is 0 Å². The Kier molecular flexibility index (Phi) is 13.9. The minimum absolute atomic E-state index is 0.0244. The molecule has 3 rings (SSSR count). The molecule has 0 aromatic heterocycles. The largest absolute Gasteiger partial charge is 0.492 e. The van der Waals surface area contributed by atoms with Crippen LogP contribution in [-0.4, -0.2) is 53.0 Å². The van der Waals surface area contributed by atoms with Gasteiger partial charge in [0.1, 0.15) is 17.2 Å². The van der Waals surface area contributed by atoms with Crippen LogP contribution in [0.4, 0.5) is 0 Å². The maximum Gasteiger partial charge on any atom is 0.341 e. The minimum Gasteiger partial charge on any atom is -0.492 e. The number of carboxylic acid groups (broad SMARTS) is 3. The summed E-state index contributed by atoms with van der Waals surface area (Å²) in [4.78, 5) is 32.6. The Hall–Kier alpha value is -2.79. The van der Waals surface area contributed by atoms with Gasteiger partial charge in [-0.15, -0.1) is 0 Å². The fourth-order valence-corrected chi connectivity index (χ4v) is 4.58. The molecule has 0 aliphatic carbocycles. The zero-order valence-corrected chi connectivity index (χ0v) is 25.1. The summed E-state index contributed by atoms with van der Waals surface area (Å²) in [5.41, 5.74) is 0.227. The van der Waals surface area contributed by atoms with E-state index in [1.54, 1.807) is 18.2 Å². The number of hydrogen-bond donors (Lipinski definition) is 3. The van der Waals surface area contributed by atoms with Crippen LogP contribution in [0.3, 0.4) is 0 Å². The van der Waals surface area contributed by atoms with Crippen molar-refractivity contribution in [1.82, 2.24) is 0 Å². The molecule has 0 radical (unpaired) electrons. The van der Waals surface area contributed by atoms with Crippen LogP contribution in [-0.2, 0) is 14.4 Å². The third-order valence-corrected chi connectivity index (χ3v) is 6.56. The van der Waals surface area contributed by atoms with E-state index in [0.717, 1.165) is 0 Å². The Balaban J connectivity index is 0.000000377. The van der Waals surface area contributed by atoms with Gasteiger partial charge in [-0.25, -0.2) is 9.59 Å². The lowest BCUT2D eigenvalue weighted by atomic mass is 9.96. The Morgan fingerprint density at radius 2 is 1.07 bits per heavy atom. The molecule has 1 unspecified atom stereocenters. The highest BCUT2D eigenvalue weighted by Crippen LogP contribution is 2.37. The highest BCUT2D eigenvalue weighted by Gasteiger charge is 2.25. The predicted octanol–water partition coefficient (Wildman–Crippen LogP) is 7.86. The van der Waals surface area contributed by atoms with E-state index in [9.17, 15) is 19.5 Å². The van der Waals surface area contributed by atoms with Gasteiger partial charge in [0.05, 0.1) is 27.6 Å². The summed E-state index contributed by atoms with van der Waals surface area (Å²) in [5.74, 6) is -3.73. The second-order valence-electron chi connectivity index (χ2n) is 7.85. The zero-order chi connectivity index (χ0) is 30.7. The molecule has 0 aliphatic rings. The predicted molar refractivity (Wildman–Crippen MR) is 156 cm³/mol. The topological polar surface area (TPSA) is 140 Å². The summed E-state index contributed by atoms with van der Waals surface area (Å²) in [6.07, 6.45) is 0.0635. The van der Waals surface area contributed by atoms with Crippen LogP contribution >= 0.6 is 69.6 Å². The molecule has 0 heterocycles. The fraction of sp³-hybridized carbons (Fsp3) is 0.192. The van der Waals surface area contributed by atoms with Crippen molar-refractivity contribution in [3.05, 3.63) is 84.2 Å². The maximum absolute atomic E-state index is 11.7. The van der Waals surface area contributed by atoms with Crippen LogP contribution in [0, 0.1) is 0 Å². The highest BCUT2D eigenvalue weighted by molar-refractivity contribution is 6.37. The van der Waals surface area contributed by atoms with Crippen molar-refractivity contribution in [3.63, 3.8) is 0 Å². The van der Waals surface area contributed by atoms with Crippen molar-refractivity contribution >= 4 is 87.5 Å². The van der Waals surface area contributed by atoms with Gasteiger partial charge < -0.3 is 29.5 Å². The first-order chi connectivity index (χ1) is 19.3. The number of hydrogen-bond acceptors (Lipinski definition) is 6. The average Bonchev–Trinajstić information content (AvgIpc) is 2.87. The van der Waals surface area contributed by atoms with Crippen molar-refractivity contribution in [2.24, 2.45) is 0 Å². The summed E-state index contributed by atoms with van der Waals surface area (Å²) in [6.45, 7) is -1.01. The van der Waals surface area contributed by atoms with E-state index in [-0.39, 0.29) is 34.4 Å². The van der Waals surface area contributed by atoms with Crippen LogP contribution < -0.4 is 14.2 Å². The number of carbonyl (C=O) groups is 3. The van der Waals surface area contributed by atoms with E-state index in [2.05, 4.69) is 0 Å². The van der Waals surface area contributed by atoms with E-state index in [0.29, 0.717) is 31.6 Å². The second kappa shape index (κ2) is 16.6. The molecule has 9 nitrogen and oxygen atoms in total. The molecule has 0 spiro atoms. The van der Waals surface area contributed by atoms with Crippen molar-refractivity contribution in [1.29, 1.82) is 0 Å². The summed E-state index contributed by atoms with van der Waals surface area (Å²) in [7, 11) is 0. The second-order valence-corrected chi connectivity index (χ2v) is 10.3. The Morgan fingerprint density at radius 3 is 1.54 bits per heavy atom. The van der Waals surface area contributed by atoms with Gasteiger partial charge in [-0.1, -0.05) is 69.6 Å². The van der Waals surface area contributed by atoms with Crippen LogP contribution in [0.5, 0.6) is 17.2 Å². The normalized spacial score (nSPS) is 11.1. The van der Waals surface area contributed by atoms with Crippen molar-refractivity contribution in [2.75, 3.05) is 19.8 Å². The number of benzene rings is 3. The first kappa shape index (κ1) is 34.4. The molecule has 1 atom stereocenters. The molecule has 0 aliphatic heterocycles. The van der Waals surface area contributed by atoms with E-state index in [4.69, 9.17) is 94.0 Å². The van der Waals surface area contributed by atoms with Gasteiger partial charge in [-0.05, 0) is 60.5 Å². The van der Waals surface area contributed by atoms with Gasteiger partial charge in [0.15, 0.2) is 13.2 Å². The first-order valence-electron chi connectivity index (χ1n) is 11.2. The first-order valence-corrected chi connectivity index (χ1v) is 13.5. The zero-order valence-electron chi connectivity index (χ0n) is 20.6. The molecule has 0 fully saturated rings. The van der Waals surface area contributed by atoms with Gasteiger partial charge in [-0.3, -0.25) is 4.79 Å². The maximum atomic E-state index is 11.7. The number of aliphatic carboxylic acids is 3. The minimum atomic E-state index is -1.20. The van der Waals surface area contributed by atoms with Crippen LogP contribution in [0.2, 0.25) is 30.1 Å². The fourth-order valence-electron chi connectivity index (χ4n) is 3.08. The number of rotatable bonds is 12. The van der Waals surface area contributed by atoms with Crippen molar-refractivity contribution in [3.8, 4) is 17.2 Å². The average molecular weight is 689 g/mol. The standard InChI is InChI=1S/C18H14Cl4O6.C8H6Cl2O3/c19-9-1-2-15(13(21)5-9)27-4-3-10(18(25)26)11-6-16(28-8-17(23)24)14(22)7-12(11)20;9-5-1-2-7(6(10)3-5)13-4-8(11)12/h1-2,5-7,10H,3-4,8H2,(H,23,24)(H,25,26);1-3H,4H2,(H,11,12). The Labute approximate surface area is 263 Å². The number of carboxylic acids is 3. The molecule has 0 bridgehead atoms. The van der Waals surface area contributed by atoms with Crippen LogP contribution in [0.1, 0.15) is 17.9 Å². The monoisotopic (exact) mass is 686 g/mol. The van der Waals surface area contributed by atoms with Crippen LogP contribution in [0.25, 0.3) is 0 Å². The molecule has 3 aromatic carbocycles. The van der Waals surface area contributed by atoms with Gasteiger partial charge in [-0.2, -0.15) is 0 Å². The molecule has 0 amide bonds. The lowest BCUT2D eigenvalue weighted by Crippen LogP contribution is -2.16. The molecule has 3 aromatic rings. The van der Waals surface area contributed by atoms with E-state index < -0.39 is 37.0 Å². The van der Waals surface area contributed by atoms with Crippen molar-refractivity contribution < 1.29 is 43.9 Å². The quantitative estimate of drug-likeness (QED) is 0.173. The molecule has 220 valence electrons. The SMILES string of the molecule is O=C(O)COc1cc(C(CCOc2ccc(Cl)cc2Cl)C(=O)O)c(Cl)cc1Cl.O=C(O)COc1ccc(Cl)cc1Cl. The molecule has 3 N–H and O–H groups in total. The summed E-state index contributed by atoms with van der Waals surface area (Å²) in [5, 5.41) is 28.4. The molecule has 0 saturated heterocycles. The summed E-state index contributed by atoms with van der Waals surface area (Å²) in [6, 6.07) is 11.9. The highest BCUT2D eigenvalue weighted by atomic mass is 35.5. The number of ether oxygens (including phenoxy) is 3. The molecule has 15 heteroatoms. The van der Waals surface area contributed by atoms with E-state index in [1.165, 1.54) is 30.3 Å². The van der Waals surface area contributed by atoms with E-state index in [1.807, 2.05) is 0 Å². The Morgan fingerprint density at radius 1 is 0.610 bits per heavy atom. The molecule has 0 saturated carbocycles. The summed E-state index contributed by atoms with van der Waals surface area (Å²) < 4.78 is 15.5. The van der Waals surface area contributed by atoms with Crippen LogP contribution in [0.15, 0.2) is 48.5 Å². The third kappa shape index (κ3) is 11.5. The smallest absolute Gasteiger partial charge is 0.341 e. The third-order valence-electron chi connectivity index (χ3n) is 4.88. The van der Waals surface area contributed by atoms with Gasteiger partial charge in [0, 0.05) is 15.1 Å².